The molecule has 0 unspecified atom stereocenters. The van der Waals surface area contributed by atoms with Gasteiger partial charge in [-0.15, -0.1) is 0 Å². The van der Waals surface area contributed by atoms with Crippen LogP contribution >= 0.6 is 0 Å². The van der Waals surface area contributed by atoms with Crippen LogP contribution in [0, 0.1) is 5.92 Å². The largest absolute Gasteiger partial charge is 0.368 e. The predicted octanol–water partition coefficient (Wildman–Crippen LogP) is 1.91. The maximum atomic E-state index is 11.2. The Morgan fingerprint density at radius 3 is 2.62 bits per heavy atom. The van der Waals surface area contributed by atoms with Gasteiger partial charge in [-0.25, -0.2) is 0 Å². The summed E-state index contributed by atoms with van der Waals surface area (Å²) in [6, 6.07) is 0.0311. The predicted molar refractivity (Wildman–Crippen MR) is 65.0 cm³/mol. The first-order valence-electron chi connectivity index (χ1n) is 6.81. The van der Waals surface area contributed by atoms with E-state index in [9.17, 15) is 4.79 Å². The van der Waals surface area contributed by atoms with Crippen molar-refractivity contribution in [2.45, 2.75) is 57.4 Å². The van der Waals surface area contributed by atoms with Gasteiger partial charge < -0.3 is 5.73 Å². The molecule has 1 saturated heterocycles. The van der Waals surface area contributed by atoms with Crippen LogP contribution in [0.3, 0.4) is 0 Å². The molecule has 1 heterocycles. The summed E-state index contributed by atoms with van der Waals surface area (Å²) in [5.41, 5.74) is 5.40. The molecule has 0 aromatic rings. The lowest BCUT2D eigenvalue weighted by Crippen LogP contribution is -2.40. The minimum Gasteiger partial charge on any atom is -0.368 e. The van der Waals surface area contributed by atoms with Crippen LogP contribution < -0.4 is 5.73 Å². The fourth-order valence-corrected chi connectivity index (χ4v) is 3.30. The van der Waals surface area contributed by atoms with Crippen molar-refractivity contribution in [2.75, 3.05) is 13.1 Å². The van der Waals surface area contributed by atoms with Crippen LogP contribution in [0.15, 0.2) is 0 Å². The Bertz CT molecular complexity index is 236. The van der Waals surface area contributed by atoms with Gasteiger partial charge in [0.05, 0.1) is 6.04 Å². The zero-order valence-electron chi connectivity index (χ0n) is 10.2. The summed E-state index contributed by atoms with van der Waals surface area (Å²) < 4.78 is 0. The van der Waals surface area contributed by atoms with Gasteiger partial charge >= 0.3 is 0 Å². The lowest BCUT2D eigenvalue weighted by molar-refractivity contribution is -0.122. The van der Waals surface area contributed by atoms with Gasteiger partial charge in [0, 0.05) is 0 Å². The second kappa shape index (κ2) is 5.67. The molecule has 3 nitrogen and oxygen atoms in total. The standard InChI is InChI=1S/C13H24N2O/c14-13(16)12-8-4-10-15(12)9-3-7-11-5-1-2-6-11/h11-12H,1-10H2,(H2,14,16)/t12-/m1/s1. The van der Waals surface area contributed by atoms with E-state index in [0.29, 0.717) is 0 Å². The molecular weight excluding hydrogens is 200 g/mol. The van der Waals surface area contributed by atoms with E-state index >= 15 is 0 Å². The minimum absolute atomic E-state index is 0.0311. The molecule has 3 heteroatoms. The minimum atomic E-state index is -0.127. The normalized spacial score (nSPS) is 27.6. The highest BCUT2D eigenvalue weighted by Crippen LogP contribution is 2.29. The number of carbonyl (C=O) groups excluding carboxylic acids is 1. The second-order valence-electron chi connectivity index (χ2n) is 5.39. The van der Waals surface area contributed by atoms with Gasteiger partial charge in [-0.1, -0.05) is 25.7 Å². The molecule has 0 radical (unpaired) electrons. The molecule has 0 aromatic heterocycles. The molecule has 92 valence electrons. The van der Waals surface area contributed by atoms with E-state index in [1.165, 1.54) is 38.5 Å². The third-order valence-corrected chi connectivity index (χ3v) is 4.22. The maximum Gasteiger partial charge on any atom is 0.234 e. The number of likely N-dealkylation sites (tertiary alicyclic amines) is 1. The Morgan fingerprint density at radius 2 is 1.94 bits per heavy atom. The van der Waals surface area contributed by atoms with E-state index < -0.39 is 0 Å². The summed E-state index contributed by atoms with van der Waals surface area (Å²) >= 11 is 0. The maximum absolute atomic E-state index is 11.2. The molecule has 1 aliphatic heterocycles. The summed E-state index contributed by atoms with van der Waals surface area (Å²) in [4.78, 5) is 13.5. The Morgan fingerprint density at radius 1 is 1.19 bits per heavy atom. The topological polar surface area (TPSA) is 46.3 Å². The smallest absolute Gasteiger partial charge is 0.234 e. The van der Waals surface area contributed by atoms with Crippen LogP contribution in [-0.4, -0.2) is 29.9 Å². The van der Waals surface area contributed by atoms with Crippen molar-refractivity contribution in [3.05, 3.63) is 0 Å². The van der Waals surface area contributed by atoms with Crippen molar-refractivity contribution in [1.29, 1.82) is 0 Å². The van der Waals surface area contributed by atoms with Crippen LogP contribution in [-0.2, 0) is 4.79 Å². The molecule has 0 bridgehead atoms. The molecule has 2 N–H and O–H groups in total. The van der Waals surface area contributed by atoms with Crippen LogP contribution in [0.5, 0.6) is 0 Å². The Kier molecular flexibility index (Phi) is 4.22. The number of hydrogen-bond acceptors (Lipinski definition) is 2. The van der Waals surface area contributed by atoms with Gasteiger partial charge in [-0.3, -0.25) is 9.69 Å². The van der Waals surface area contributed by atoms with E-state index in [1.54, 1.807) is 0 Å². The molecule has 0 spiro atoms. The van der Waals surface area contributed by atoms with Crippen LogP contribution in [0.4, 0.5) is 0 Å². The van der Waals surface area contributed by atoms with E-state index in [1.807, 2.05) is 0 Å². The Hall–Kier alpha value is -0.570. The van der Waals surface area contributed by atoms with Crippen molar-refractivity contribution in [3.63, 3.8) is 0 Å². The highest BCUT2D eigenvalue weighted by Gasteiger charge is 2.28. The number of nitrogens with zero attached hydrogens (tertiary/aromatic N) is 1. The van der Waals surface area contributed by atoms with Gasteiger partial charge in [0.25, 0.3) is 0 Å². The molecule has 16 heavy (non-hydrogen) atoms. The van der Waals surface area contributed by atoms with Crippen molar-refractivity contribution in [1.82, 2.24) is 4.90 Å². The molecule has 2 rings (SSSR count). The molecule has 2 aliphatic rings. The summed E-state index contributed by atoms with van der Waals surface area (Å²) in [6.07, 6.45) is 10.4. The Balaban J connectivity index is 1.66. The Labute approximate surface area is 98.4 Å². The number of hydrogen-bond donors (Lipinski definition) is 1. The third kappa shape index (κ3) is 2.97. The molecule has 1 saturated carbocycles. The average Bonchev–Trinajstić information content (AvgIpc) is 2.87. The van der Waals surface area contributed by atoms with E-state index in [4.69, 9.17) is 5.73 Å². The lowest BCUT2D eigenvalue weighted by atomic mass is 10.0. The summed E-state index contributed by atoms with van der Waals surface area (Å²) in [7, 11) is 0. The van der Waals surface area contributed by atoms with Gasteiger partial charge in [-0.05, 0) is 44.7 Å². The average molecular weight is 224 g/mol. The number of primary amides is 1. The van der Waals surface area contributed by atoms with Crippen LogP contribution in [0.2, 0.25) is 0 Å². The second-order valence-corrected chi connectivity index (χ2v) is 5.39. The fourth-order valence-electron chi connectivity index (χ4n) is 3.30. The van der Waals surface area contributed by atoms with Gasteiger partial charge in [-0.2, -0.15) is 0 Å². The van der Waals surface area contributed by atoms with E-state index in [2.05, 4.69) is 4.90 Å². The van der Waals surface area contributed by atoms with Gasteiger partial charge in [0.2, 0.25) is 5.91 Å². The van der Waals surface area contributed by atoms with Crippen molar-refractivity contribution in [3.8, 4) is 0 Å². The lowest BCUT2D eigenvalue weighted by Gasteiger charge is -2.22. The van der Waals surface area contributed by atoms with E-state index in [0.717, 1.165) is 31.8 Å². The summed E-state index contributed by atoms with van der Waals surface area (Å²) in [5, 5.41) is 0. The number of carbonyl (C=O) groups is 1. The van der Waals surface area contributed by atoms with Crippen molar-refractivity contribution < 1.29 is 4.79 Å². The number of amides is 1. The van der Waals surface area contributed by atoms with Crippen molar-refractivity contribution >= 4 is 5.91 Å². The molecule has 1 atom stereocenters. The highest BCUT2D eigenvalue weighted by molar-refractivity contribution is 5.80. The van der Waals surface area contributed by atoms with E-state index in [-0.39, 0.29) is 11.9 Å². The highest BCUT2D eigenvalue weighted by atomic mass is 16.1. The molecule has 0 aromatic carbocycles. The number of nitrogens with two attached hydrogens (primary N) is 1. The first kappa shape index (κ1) is 11.9. The molecule has 2 fully saturated rings. The zero-order chi connectivity index (χ0) is 11.4. The van der Waals surface area contributed by atoms with Crippen LogP contribution in [0.1, 0.15) is 51.4 Å². The van der Waals surface area contributed by atoms with Crippen LogP contribution in [0.25, 0.3) is 0 Å². The first-order chi connectivity index (χ1) is 7.77. The third-order valence-electron chi connectivity index (χ3n) is 4.22. The van der Waals surface area contributed by atoms with Gasteiger partial charge in [0.15, 0.2) is 0 Å². The fraction of sp³-hybridized carbons (Fsp3) is 0.923. The zero-order valence-corrected chi connectivity index (χ0v) is 10.2. The molecule has 1 amide bonds. The summed E-state index contributed by atoms with van der Waals surface area (Å²) in [5.74, 6) is 0.841. The quantitative estimate of drug-likeness (QED) is 0.775. The number of rotatable bonds is 5. The molecular formula is C13H24N2O. The SMILES string of the molecule is NC(=O)[C@H]1CCCN1CCCC1CCCC1. The molecule has 1 aliphatic carbocycles. The monoisotopic (exact) mass is 224 g/mol. The first-order valence-corrected chi connectivity index (χ1v) is 6.81. The summed E-state index contributed by atoms with van der Waals surface area (Å²) in [6.45, 7) is 2.14. The van der Waals surface area contributed by atoms with Gasteiger partial charge in [0.1, 0.15) is 0 Å². The van der Waals surface area contributed by atoms with Crippen molar-refractivity contribution in [2.24, 2.45) is 11.7 Å².